The minimum absolute atomic E-state index is 0.318. The highest BCUT2D eigenvalue weighted by molar-refractivity contribution is 5.71. The summed E-state index contributed by atoms with van der Waals surface area (Å²) in [4.78, 5) is 19.9. The van der Waals surface area contributed by atoms with Gasteiger partial charge in [0.15, 0.2) is 0 Å². The molecule has 96 valence electrons. The van der Waals surface area contributed by atoms with E-state index in [9.17, 15) is 4.79 Å². The summed E-state index contributed by atoms with van der Waals surface area (Å²) in [5, 5.41) is 0. The van der Waals surface area contributed by atoms with Gasteiger partial charge in [-0.15, -0.1) is 0 Å². The maximum absolute atomic E-state index is 11.9. The Morgan fingerprint density at radius 2 is 2.00 bits per heavy atom. The van der Waals surface area contributed by atoms with Gasteiger partial charge in [0.25, 0.3) is 0 Å². The van der Waals surface area contributed by atoms with Gasteiger partial charge in [-0.25, -0.2) is 14.8 Å². The summed E-state index contributed by atoms with van der Waals surface area (Å²) in [5.41, 5.74) is 0.696. The van der Waals surface area contributed by atoms with Gasteiger partial charge in [-0.1, -0.05) is 0 Å². The quantitative estimate of drug-likeness (QED) is 0.778. The van der Waals surface area contributed by atoms with Gasteiger partial charge < -0.3 is 4.74 Å². The van der Waals surface area contributed by atoms with Crippen molar-refractivity contribution in [2.24, 2.45) is 0 Å². The highest BCUT2D eigenvalue weighted by atomic mass is 16.5. The number of rotatable bonds is 1. The summed E-state index contributed by atoms with van der Waals surface area (Å²) < 4.78 is 7.29. The molecule has 1 aliphatic rings. The maximum Gasteiger partial charge on any atom is 0.352 e. The Morgan fingerprint density at radius 3 is 2.79 bits per heavy atom. The van der Waals surface area contributed by atoms with E-state index < -0.39 is 5.60 Å². The second-order valence-corrected chi connectivity index (χ2v) is 4.86. The van der Waals surface area contributed by atoms with Crippen LogP contribution in [0.3, 0.4) is 0 Å². The number of ether oxygens (including phenoxy) is 1. The smallest absolute Gasteiger partial charge is 0.352 e. The van der Waals surface area contributed by atoms with E-state index in [0.717, 1.165) is 11.3 Å². The SMILES string of the molecule is CC1(C)C=C(n2cccnc2=O)c2cccnc2O1. The Morgan fingerprint density at radius 1 is 1.21 bits per heavy atom. The zero-order valence-electron chi connectivity index (χ0n) is 10.7. The van der Waals surface area contributed by atoms with Crippen molar-refractivity contribution in [1.29, 1.82) is 0 Å². The minimum atomic E-state index is -0.522. The van der Waals surface area contributed by atoms with Crippen molar-refractivity contribution in [2.75, 3.05) is 0 Å². The molecule has 19 heavy (non-hydrogen) atoms. The van der Waals surface area contributed by atoms with E-state index in [1.807, 2.05) is 32.1 Å². The van der Waals surface area contributed by atoms with Gasteiger partial charge in [-0.2, -0.15) is 0 Å². The van der Waals surface area contributed by atoms with Crippen LogP contribution in [0.4, 0.5) is 0 Å². The van der Waals surface area contributed by atoms with Crippen molar-refractivity contribution >= 4 is 5.70 Å². The van der Waals surface area contributed by atoms with Gasteiger partial charge in [0.2, 0.25) is 5.88 Å². The second kappa shape index (κ2) is 4.05. The van der Waals surface area contributed by atoms with E-state index in [4.69, 9.17) is 4.74 Å². The first-order valence-electron chi connectivity index (χ1n) is 5.98. The zero-order valence-corrected chi connectivity index (χ0v) is 10.7. The molecule has 0 aromatic carbocycles. The van der Waals surface area contributed by atoms with E-state index in [1.165, 1.54) is 10.8 Å². The number of hydrogen-bond acceptors (Lipinski definition) is 4. The van der Waals surface area contributed by atoms with Crippen LogP contribution in [-0.2, 0) is 0 Å². The topological polar surface area (TPSA) is 57.0 Å². The molecule has 3 heterocycles. The third-order valence-electron chi connectivity index (χ3n) is 2.86. The molecule has 2 aromatic rings. The summed E-state index contributed by atoms with van der Waals surface area (Å²) in [6, 6.07) is 5.42. The summed E-state index contributed by atoms with van der Waals surface area (Å²) in [6.07, 6.45) is 6.75. The van der Waals surface area contributed by atoms with Crippen molar-refractivity contribution < 1.29 is 4.74 Å². The molecule has 0 fully saturated rings. The second-order valence-electron chi connectivity index (χ2n) is 4.86. The predicted octanol–water partition coefficient (Wildman–Crippen LogP) is 1.70. The molecule has 0 spiro atoms. The maximum atomic E-state index is 11.9. The highest BCUT2D eigenvalue weighted by Gasteiger charge is 2.28. The number of aromatic nitrogens is 3. The molecule has 0 N–H and O–H groups in total. The van der Waals surface area contributed by atoms with Crippen LogP contribution >= 0.6 is 0 Å². The Balaban J connectivity index is 2.27. The van der Waals surface area contributed by atoms with Crippen molar-refractivity contribution in [1.82, 2.24) is 14.5 Å². The molecule has 2 aromatic heterocycles. The summed E-state index contributed by atoms with van der Waals surface area (Å²) in [7, 11) is 0. The van der Waals surface area contributed by atoms with Crippen LogP contribution in [0.15, 0.2) is 47.7 Å². The molecule has 0 amide bonds. The summed E-state index contributed by atoms with van der Waals surface area (Å²) >= 11 is 0. The normalized spacial score (nSPS) is 16.2. The summed E-state index contributed by atoms with van der Waals surface area (Å²) in [6.45, 7) is 3.85. The number of nitrogens with zero attached hydrogens (tertiary/aromatic N) is 3. The molecular weight excluding hydrogens is 242 g/mol. The molecule has 0 bridgehead atoms. The number of hydrogen-bond donors (Lipinski definition) is 0. The van der Waals surface area contributed by atoms with Crippen molar-refractivity contribution in [3.05, 3.63) is 58.9 Å². The Bertz CT molecular complexity index is 716. The van der Waals surface area contributed by atoms with E-state index in [2.05, 4.69) is 9.97 Å². The van der Waals surface area contributed by atoms with Gasteiger partial charge in [-0.3, -0.25) is 4.57 Å². The van der Waals surface area contributed by atoms with E-state index in [1.54, 1.807) is 18.5 Å². The molecule has 0 saturated heterocycles. The molecular formula is C14H13N3O2. The lowest BCUT2D eigenvalue weighted by Crippen LogP contribution is -2.33. The number of pyridine rings is 1. The molecule has 0 saturated carbocycles. The van der Waals surface area contributed by atoms with Crippen LogP contribution in [0, 0.1) is 0 Å². The molecule has 0 radical (unpaired) electrons. The molecule has 0 atom stereocenters. The van der Waals surface area contributed by atoms with Crippen LogP contribution in [0.5, 0.6) is 5.88 Å². The molecule has 0 aliphatic carbocycles. The van der Waals surface area contributed by atoms with E-state index >= 15 is 0 Å². The zero-order chi connectivity index (χ0) is 13.5. The van der Waals surface area contributed by atoms with E-state index in [-0.39, 0.29) is 5.69 Å². The Hall–Kier alpha value is -2.43. The molecule has 3 rings (SSSR count). The fraction of sp³-hybridized carbons (Fsp3) is 0.214. The van der Waals surface area contributed by atoms with Crippen LogP contribution in [0.25, 0.3) is 5.70 Å². The van der Waals surface area contributed by atoms with Crippen molar-refractivity contribution in [2.45, 2.75) is 19.4 Å². The van der Waals surface area contributed by atoms with Crippen molar-refractivity contribution in [3.63, 3.8) is 0 Å². The largest absolute Gasteiger partial charge is 0.467 e. The van der Waals surface area contributed by atoms with Gasteiger partial charge in [-0.05, 0) is 38.1 Å². The standard InChI is InChI=1S/C14H13N3O2/c1-14(2)9-11(17-8-4-7-16-13(17)18)10-5-3-6-15-12(10)19-14/h3-9H,1-2H3. The predicted molar refractivity (Wildman–Crippen MR) is 70.8 cm³/mol. The Labute approximate surface area is 110 Å². The number of fused-ring (bicyclic) bond motifs is 1. The average molecular weight is 255 g/mol. The first-order valence-corrected chi connectivity index (χ1v) is 5.98. The van der Waals surface area contributed by atoms with Gasteiger partial charge >= 0.3 is 5.69 Å². The van der Waals surface area contributed by atoms with Crippen LogP contribution < -0.4 is 10.4 Å². The van der Waals surface area contributed by atoms with Gasteiger partial charge in [0.05, 0.1) is 11.3 Å². The molecule has 0 unspecified atom stereocenters. The van der Waals surface area contributed by atoms with Gasteiger partial charge in [0, 0.05) is 18.6 Å². The van der Waals surface area contributed by atoms with Crippen LogP contribution in [-0.4, -0.2) is 20.1 Å². The molecule has 5 heteroatoms. The third kappa shape index (κ3) is 2.03. The van der Waals surface area contributed by atoms with Gasteiger partial charge in [0.1, 0.15) is 5.60 Å². The third-order valence-corrected chi connectivity index (χ3v) is 2.86. The lowest BCUT2D eigenvalue weighted by molar-refractivity contribution is 0.149. The lowest BCUT2D eigenvalue weighted by Gasteiger charge is -2.30. The Kier molecular flexibility index (Phi) is 2.48. The van der Waals surface area contributed by atoms with E-state index in [0.29, 0.717) is 5.88 Å². The molecule has 5 nitrogen and oxygen atoms in total. The van der Waals surface area contributed by atoms with Crippen molar-refractivity contribution in [3.8, 4) is 5.88 Å². The average Bonchev–Trinajstić information content (AvgIpc) is 2.37. The monoisotopic (exact) mass is 255 g/mol. The minimum Gasteiger partial charge on any atom is -0.467 e. The van der Waals surface area contributed by atoms with Crippen LogP contribution in [0.1, 0.15) is 19.4 Å². The summed E-state index contributed by atoms with van der Waals surface area (Å²) in [5.74, 6) is 0.528. The highest BCUT2D eigenvalue weighted by Crippen LogP contribution is 2.34. The molecule has 1 aliphatic heterocycles. The first kappa shape index (κ1) is 11.6. The van der Waals surface area contributed by atoms with Crippen LogP contribution in [0.2, 0.25) is 0 Å². The fourth-order valence-electron chi connectivity index (χ4n) is 2.09. The first-order chi connectivity index (χ1) is 9.07. The lowest BCUT2D eigenvalue weighted by atomic mass is 10.0. The fourth-order valence-corrected chi connectivity index (χ4v) is 2.09.